The molecule has 0 radical (unpaired) electrons. The van der Waals surface area contributed by atoms with Crippen molar-refractivity contribution in [1.82, 2.24) is 0 Å². The third kappa shape index (κ3) is 4.04. The highest BCUT2D eigenvalue weighted by atomic mass is 32.2. The topological polar surface area (TPSA) is 26.3 Å². The summed E-state index contributed by atoms with van der Waals surface area (Å²) in [6.07, 6.45) is 1.10. The van der Waals surface area contributed by atoms with Crippen molar-refractivity contribution < 1.29 is 13.1 Å². The number of rotatable bonds is 1. The first-order chi connectivity index (χ1) is 2.27. The van der Waals surface area contributed by atoms with Gasteiger partial charge in [-0.3, -0.25) is 0 Å². The fourth-order valence-corrected chi connectivity index (χ4v) is 0. The van der Waals surface area contributed by atoms with Crippen molar-refractivity contribution in [3.05, 3.63) is 0 Å². The van der Waals surface area contributed by atoms with Crippen LogP contribution >= 0.6 is 0 Å². The number of hydrogen-bond acceptors (Lipinski definition) is 2. The van der Waals surface area contributed by atoms with Crippen molar-refractivity contribution in [2.45, 2.75) is 0 Å². The highest BCUT2D eigenvalue weighted by Gasteiger charge is 1.78. The van der Waals surface area contributed by atoms with Gasteiger partial charge in [-0.1, -0.05) is 4.39 Å². The molecule has 5 heavy (non-hydrogen) atoms. The van der Waals surface area contributed by atoms with Crippen molar-refractivity contribution in [1.29, 1.82) is 0 Å². The van der Waals surface area contributed by atoms with Crippen LogP contribution in [0, 0.1) is 0 Å². The molecule has 0 heterocycles. The van der Waals surface area contributed by atoms with Gasteiger partial charge in [0.15, 0.2) is 11.1 Å². The summed E-state index contributed by atoms with van der Waals surface area (Å²) in [7, 11) is 0. The van der Waals surface area contributed by atoms with Gasteiger partial charge in [0.2, 0.25) is 0 Å². The molecule has 4 heteroatoms. The molecule has 0 aliphatic heterocycles. The molecule has 1 atom stereocenters. The molecular formula is CH3FO2S. The lowest BCUT2D eigenvalue weighted by molar-refractivity contribution is 0.0136. The van der Waals surface area contributed by atoms with Gasteiger partial charge in [0, 0.05) is 6.26 Å². The molecule has 0 aliphatic rings. The Bertz CT molecular complexity index is 44.9. The maximum absolute atomic E-state index is 10.3. The summed E-state index contributed by atoms with van der Waals surface area (Å²) >= 11 is -1.74. The van der Waals surface area contributed by atoms with E-state index in [9.17, 15) is 8.74 Å². The smallest absolute Gasteiger partial charge is 0.189 e. The molecule has 0 rings (SSSR count). The van der Waals surface area contributed by atoms with Crippen molar-refractivity contribution in [2.75, 3.05) is 6.26 Å². The summed E-state index contributed by atoms with van der Waals surface area (Å²) in [5.41, 5.74) is 0. The Hall–Kier alpha value is 0.0400. The van der Waals surface area contributed by atoms with E-state index in [1.54, 1.807) is 0 Å². The Morgan fingerprint density at radius 3 is 2.20 bits per heavy atom. The van der Waals surface area contributed by atoms with Crippen molar-refractivity contribution >= 4 is 11.1 Å². The quantitative estimate of drug-likeness (QED) is 0.467. The molecule has 2 nitrogen and oxygen atoms in total. The van der Waals surface area contributed by atoms with Crippen molar-refractivity contribution in [3.8, 4) is 0 Å². The van der Waals surface area contributed by atoms with Crippen LogP contribution in [-0.2, 0) is 15.5 Å². The molecule has 0 aliphatic carbocycles. The Labute approximate surface area is 31.5 Å². The lowest BCUT2D eigenvalue weighted by Gasteiger charge is -1.70. The first kappa shape index (κ1) is 5.04. The highest BCUT2D eigenvalue weighted by Crippen LogP contribution is 1.73. The van der Waals surface area contributed by atoms with Crippen LogP contribution in [0.2, 0.25) is 0 Å². The van der Waals surface area contributed by atoms with Crippen LogP contribution in [0.4, 0.5) is 4.53 Å². The normalized spacial score (nSPS) is 14.8. The molecule has 0 saturated carbocycles. The Morgan fingerprint density at radius 2 is 2.20 bits per heavy atom. The van der Waals surface area contributed by atoms with Gasteiger partial charge >= 0.3 is 0 Å². The van der Waals surface area contributed by atoms with Gasteiger partial charge in [0.1, 0.15) is 0 Å². The van der Waals surface area contributed by atoms with Crippen LogP contribution < -0.4 is 0 Å². The molecule has 0 bridgehead atoms. The second kappa shape index (κ2) is 2.29. The molecule has 0 aromatic rings. The standard InChI is InChI=1S/CH3FO2S/c1-5(3)4-2/h1H3. The van der Waals surface area contributed by atoms with E-state index in [2.05, 4.69) is 4.39 Å². The summed E-state index contributed by atoms with van der Waals surface area (Å²) in [4.78, 5) is 0. The molecule has 0 aromatic heterocycles. The molecule has 0 amide bonds. The van der Waals surface area contributed by atoms with E-state index in [1.165, 1.54) is 0 Å². The van der Waals surface area contributed by atoms with E-state index in [1.807, 2.05) is 0 Å². The Morgan fingerprint density at radius 1 is 2.00 bits per heavy atom. The molecule has 1 unspecified atom stereocenters. The van der Waals surface area contributed by atoms with E-state index in [0.29, 0.717) is 0 Å². The Kier molecular flexibility index (Phi) is 2.31. The second-order valence-electron chi connectivity index (χ2n) is 0.464. The zero-order valence-corrected chi connectivity index (χ0v) is 3.42. The average Bonchev–Trinajstić information content (AvgIpc) is 1.38. The first-order valence-corrected chi connectivity index (χ1v) is 2.38. The number of hydrogen-bond donors (Lipinski definition) is 0. The molecule has 0 fully saturated rings. The third-order valence-corrected chi connectivity index (χ3v) is 0.266. The largest absolute Gasteiger partial charge is 0.227 e. The van der Waals surface area contributed by atoms with Crippen LogP contribution in [0.25, 0.3) is 0 Å². The summed E-state index contributed by atoms with van der Waals surface area (Å²) < 4.78 is 22.4. The van der Waals surface area contributed by atoms with Crippen molar-refractivity contribution in [3.63, 3.8) is 0 Å². The fourth-order valence-electron chi connectivity index (χ4n) is 0. The summed E-state index contributed by atoms with van der Waals surface area (Å²) in [6.45, 7) is 0. The van der Waals surface area contributed by atoms with Crippen molar-refractivity contribution in [2.24, 2.45) is 0 Å². The van der Waals surface area contributed by atoms with Gasteiger partial charge in [0.05, 0.1) is 0 Å². The predicted molar refractivity (Wildman–Crippen MR) is 16.3 cm³/mol. The average molecular weight is 98.1 g/mol. The minimum absolute atomic E-state index is 1.10. The van der Waals surface area contributed by atoms with Crippen LogP contribution in [0.3, 0.4) is 0 Å². The predicted octanol–water partition coefficient (Wildman–Crippen LogP) is 0.181. The fraction of sp³-hybridized carbons (Fsp3) is 1.00. The molecule has 32 valence electrons. The lowest BCUT2D eigenvalue weighted by atomic mass is 12.0. The van der Waals surface area contributed by atoms with Crippen LogP contribution in [0.1, 0.15) is 0 Å². The van der Waals surface area contributed by atoms with Crippen LogP contribution in [0.15, 0.2) is 0 Å². The highest BCUT2D eigenvalue weighted by molar-refractivity contribution is 7.79. The zero-order chi connectivity index (χ0) is 4.28. The van der Waals surface area contributed by atoms with E-state index < -0.39 is 11.1 Å². The molecule has 0 spiro atoms. The van der Waals surface area contributed by atoms with Crippen LogP contribution in [-0.4, -0.2) is 10.5 Å². The molecular weight excluding hydrogens is 95.1 g/mol. The summed E-state index contributed by atoms with van der Waals surface area (Å²) in [6, 6.07) is 0. The minimum atomic E-state index is -1.74. The van der Waals surface area contributed by atoms with E-state index in [-0.39, 0.29) is 0 Å². The molecule has 0 N–H and O–H groups in total. The van der Waals surface area contributed by atoms with Crippen LogP contribution in [0.5, 0.6) is 0 Å². The van der Waals surface area contributed by atoms with Gasteiger partial charge < -0.3 is 0 Å². The third-order valence-electron chi connectivity index (χ3n) is 0.0887. The Balaban J connectivity index is 2.85. The van der Waals surface area contributed by atoms with E-state index >= 15 is 0 Å². The first-order valence-electron chi connectivity index (χ1n) is 0.896. The maximum atomic E-state index is 10.3. The van der Waals surface area contributed by atoms with Gasteiger partial charge in [-0.2, -0.15) is 0 Å². The van der Waals surface area contributed by atoms with Gasteiger partial charge in [-0.15, -0.1) is 0 Å². The molecule has 0 aromatic carbocycles. The van der Waals surface area contributed by atoms with E-state index in [4.69, 9.17) is 0 Å². The van der Waals surface area contributed by atoms with Gasteiger partial charge in [-0.25, -0.2) is 4.21 Å². The second-order valence-corrected chi connectivity index (χ2v) is 1.39. The lowest BCUT2D eigenvalue weighted by Crippen LogP contribution is -1.78. The molecule has 0 saturated heterocycles. The summed E-state index contributed by atoms with van der Waals surface area (Å²) in [5, 5.41) is 0. The summed E-state index contributed by atoms with van der Waals surface area (Å²) in [5.74, 6) is 0. The monoisotopic (exact) mass is 98.0 g/mol. The van der Waals surface area contributed by atoms with E-state index in [0.717, 1.165) is 6.26 Å². The number of halogens is 1. The van der Waals surface area contributed by atoms with Gasteiger partial charge in [0.25, 0.3) is 0 Å². The SMILES string of the molecule is CS(=O)OF. The zero-order valence-electron chi connectivity index (χ0n) is 2.60. The van der Waals surface area contributed by atoms with Gasteiger partial charge in [-0.05, 0) is 4.53 Å². The maximum Gasteiger partial charge on any atom is 0.189 e. The minimum Gasteiger partial charge on any atom is -0.227 e.